The molecule has 0 aliphatic carbocycles. The van der Waals surface area contributed by atoms with Crippen LogP contribution < -0.4 is 19.0 Å². The molecule has 0 unspecified atom stereocenters. The largest absolute Gasteiger partial charge is 0.497 e. The Morgan fingerprint density at radius 3 is 2.47 bits per heavy atom. The highest BCUT2D eigenvalue weighted by molar-refractivity contribution is 9.10. The van der Waals surface area contributed by atoms with Crippen LogP contribution in [0.15, 0.2) is 79.9 Å². The van der Waals surface area contributed by atoms with Gasteiger partial charge in [-0.2, -0.15) is 8.42 Å². The topological polar surface area (TPSA) is 146 Å². The van der Waals surface area contributed by atoms with Gasteiger partial charge in [-0.15, -0.1) is 0 Å². The van der Waals surface area contributed by atoms with Crippen molar-refractivity contribution < 1.29 is 31.8 Å². The average Bonchev–Trinajstić information content (AvgIpc) is 3.23. The van der Waals surface area contributed by atoms with Gasteiger partial charge in [-0.05, 0) is 81.8 Å². The number of amidine groups is 1. The molecule has 1 aliphatic heterocycles. The summed E-state index contributed by atoms with van der Waals surface area (Å²) in [5, 5.41) is 14.1. The zero-order valence-electron chi connectivity index (χ0n) is 19.7. The fourth-order valence-electron chi connectivity index (χ4n) is 3.22. The highest BCUT2D eigenvalue weighted by Crippen LogP contribution is 2.40. The van der Waals surface area contributed by atoms with Crippen LogP contribution >= 0.6 is 27.7 Å². The van der Waals surface area contributed by atoms with Crippen molar-refractivity contribution in [3.05, 3.63) is 85.7 Å². The lowest BCUT2D eigenvalue weighted by Crippen LogP contribution is -2.19. The van der Waals surface area contributed by atoms with E-state index in [1.165, 1.54) is 31.4 Å². The smallest absolute Gasteiger partial charge is 0.339 e. The summed E-state index contributed by atoms with van der Waals surface area (Å²) in [6.07, 6.45) is 1.59. The number of nitro benzene ring substituents is 1. The van der Waals surface area contributed by atoms with Crippen molar-refractivity contribution >= 4 is 66.3 Å². The minimum atomic E-state index is -4.43. The van der Waals surface area contributed by atoms with Gasteiger partial charge in [-0.25, -0.2) is 4.99 Å². The van der Waals surface area contributed by atoms with E-state index in [1.807, 2.05) is 0 Å². The lowest BCUT2D eigenvalue weighted by atomic mass is 10.2. The van der Waals surface area contributed by atoms with E-state index in [0.29, 0.717) is 27.1 Å². The minimum Gasteiger partial charge on any atom is -0.497 e. The van der Waals surface area contributed by atoms with E-state index < -0.39 is 25.6 Å². The molecule has 1 N–H and O–H groups in total. The van der Waals surface area contributed by atoms with Gasteiger partial charge in [0.1, 0.15) is 10.6 Å². The number of non-ortho nitro benzene ring substituents is 1. The highest BCUT2D eigenvalue weighted by atomic mass is 79.9. The van der Waals surface area contributed by atoms with E-state index in [2.05, 4.69) is 26.2 Å². The molecule has 0 atom stereocenters. The number of hydrogen-bond acceptors (Lipinski definition) is 10. The van der Waals surface area contributed by atoms with Crippen molar-refractivity contribution in [1.29, 1.82) is 0 Å². The number of rotatable bonds is 8. The van der Waals surface area contributed by atoms with Crippen LogP contribution in [0.4, 0.5) is 11.4 Å². The van der Waals surface area contributed by atoms with Crippen molar-refractivity contribution in [1.82, 2.24) is 5.32 Å². The molecule has 0 spiro atoms. The number of nitrogens with zero attached hydrogens (tertiary/aromatic N) is 2. The molecule has 4 rings (SSSR count). The Morgan fingerprint density at radius 2 is 1.82 bits per heavy atom. The van der Waals surface area contributed by atoms with E-state index in [0.717, 1.165) is 17.8 Å². The standard InChI is InChI=1S/C24H18BrN3O8S2/c1-34-17-8-6-15(7-9-17)26-24-27-23(29)21(37-24)12-14-10-19(25)22(20(11-14)35-2)36-38(32,33)18-5-3-4-16(13-18)28(30)31/h3-13H,1-2H3,(H,26,27,29)/b21-12-. The van der Waals surface area contributed by atoms with Crippen LogP contribution in [-0.4, -0.2) is 38.6 Å². The van der Waals surface area contributed by atoms with Gasteiger partial charge in [0.2, 0.25) is 0 Å². The maximum absolute atomic E-state index is 12.8. The number of thioether (sulfide) groups is 1. The van der Waals surface area contributed by atoms with Crippen molar-refractivity contribution in [2.24, 2.45) is 4.99 Å². The van der Waals surface area contributed by atoms with Crippen LogP contribution in [0, 0.1) is 10.1 Å². The number of aliphatic imine (C=N–C) groups is 1. The number of benzene rings is 3. The van der Waals surface area contributed by atoms with Crippen molar-refractivity contribution in [3.63, 3.8) is 0 Å². The van der Waals surface area contributed by atoms with E-state index >= 15 is 0 Å². The summed E-state index contributed by atoms with van der Waals surface area (Å²) < 4.78 is 41.6. The number of hydrogen-bond donors (Lipinski definition) is 1. The van der Waals surface area contributed by atoms with Crippen LogP contribution in [0.25, 0.3) is 6.08 Å². The maximum atomic E-state index is 12.8. The van der Waals surface area contributed by atoms with Gasteiger partial charge in [-0.3, -0.25) is 14.9 Å². The van der Waals surface area contributed by atoms with Crippen LogP contribution in [0.2, 0.25) is 0 Å². The second kappa shape index (κ2) is 11.2. The Labute approximate surface area is 229 Å². The normalized spacial score (nSPS) is 15.4. The average molecular weight is 620 g/mol. The summed E-state index contributed by atoms with van der Waals surface area (Å²) in [5.74, 6) is 0.218. The van der Waals surface area contributed by atoms with E-state index in [4.69, 9.17) is 13.7 Å². The molecule has 1 amide bonds. The van der Waals surface area contributed by atoms with Gasteiger partial charge in [0.25, 0.3) is 11.6 Å². The van der Waals surface area contributed by atoms with Crippen LogP contribution in [0.1, 0.15) is 5.56 Å². The number of amides is 1. The molecule has 1 fully saturated rings. The number of nitrogens with one attached hydrogen (secondary N) is 1. The summed E-state index contributed by atoms with van der Waals surface area (Å²) in [5.41, 5.74) is 0.743. The fourth-order valence-corrected chi connectivity index (χ4v) is 5.71. The third kappa shape index (κ3) is 6.15. The third-order valence-electron chi connectivity index (χ3n) is 5.01. The van der Waals surface area contributed by atoms with E-state index in [-0.39, 0.29) is 21.9 Å². The van der Waals surface area contributed by atoms with Crippen LogP contribution in [0.3, 0.4) is 0 Å². The maximum Gasteiger partial charge on any atom is 0.339 e. The van der Waals surface area contributed by atoms with Gasteiger partial charge in [0.05, 0.1) is 34.2 Å². The lowest BCUT2D eigenvalue weighted by Gasteiger charge is -2.13. The summed E-state index contributed by atoms with van der Waals surface area (Å²) in [6, 6.07) is 14.5. The van der Waals surface area contributed by atoms with Crippen molar-refractivity contribution in [2.75, 3.05) is 14.2 Å². The Balaban J connectivity index is 1.59. The minimum absolute atomic E-state index is 0.0516. The zero-order chi connectivity index (χ0) is 27.4. The molecule has 1 heterocycles. The van der Waals surface area contributed by atoms with E-state index in [9.17, 15) is 23.3 Å². The molecule has 1 saturated heterocycles. The molecular formula is C24H18BrN3O8S2. The summed E-state index contributed by atoms with van der Waals surface area (Å²) >= 11 is 4.42. The molecule has 196 valence electrons. The SMILES string of the molecule is COc1ccc(N=C2NC(=O)/C(=C/c3cc(Br)c(OS(=O)(=O)c4cccc([N+](=O)[O-])c4)c(OC)c3)S2)cc1. The Bertz CT molecular complexity index is 1590. The number of nitro groups is 1. The van der Waals surface area contributed by atoms with Crippen LogP contribution in [-0.2, 0) is 14.9 Å². The third-order valence-corrected chi connectivity index (χ3v) is 7.73. The molecular weight excluding hydrogens is 602 g/mol. The predicted molar refractivity (Wildman–Crippen MR) is 145 cm³/mol. The molecule has 0 aromatic heterocycles. The lowest BCUT2D eigenvalue weighted by molar-refractivity contribution is -0.385. The molecule has 0 radical (unpaired) electrons. The monoisotopic (exact) mass is 619 g/mol. The number of carbonyl (C=O) groups excluding carboxylic acids is 1. The van der Waals surface area contributed by atoms with Gasteiger partial charge < -0.3 is 19.0 Å². The Morgan fingerprint density at radius 1 is 1.08 bits per heavy atom. The molecule has 11 nitrogen and oxygen atoms in total. The molecule has 14 heteroatoms. The molecule has 1 aliphatic rings. The second-order valence-electron chi connectivity index (χ2n) is 7.51. The quantitative estimate of drug-likeness (QED) is 0.159. The number of halogens is 1. The number of carbonyl (C=O) groups is 1. The fraction of sp³-hybridized carbons (Fsp3) is 0.0833. The Hall–Kier alpha value is -3.88. The number of methoxy groups -OCH3 is 2. The molecule has 0 bridgehead atoms. The summed E-state index contributed by atoms with van der Waals surface area (Å²) in [4.78, 5) is 27.2. The first-order valence-electron chi connectivity index (χ1n) is 10.6. The van der Waals surface area contributed by atoms with Crippen molar-refractivity contribution in [2.45, 2.75) is 4.90 Å². The summed E-state index contributed by atoms with van der Waals surface area (Å²) in [6.45, 7) is 0. The van der Waals surface area contributed by atoms with Gasteiger partial charge in [0.15, 0.2) is 16.7 Å². The highest BCUT2D eigenvalue weighted by Gasteiger charge is 2.26. The first kappa shape index (κ1) is 27.2. The molecule has 0 saturated carbocycles. The number of ether oxygens (including phenoxy) is 2. The summed E-state index contributed by atoms with van der Waals surface area (Å²) in [7, 11) is -1.55. The Kier molecular flexibility index (Phi) is 8.04. The second-order valence-corrected chi connectivity index (χ2v) is 10.9. The van der Waals surface area contributed by atoms with Gasteiger partial charge >= 0.3 is 10.1 Å². The van der Waals surface area contributed by atoms with Crippen molar-refractivity contribution in [3.8, 4) is 17.2 Å². The first-order valence-corrected chi connectivity index (χ1v) is 13.6. The van der Waals surface area contributed by atoms with Crippen LogP contribution in [0.5, 0.6) is 17.2 Å². The van der Waals surface area contributed by atoms with E-state index in [1.54, 1.807) is 43.5 Å². The van der Waals surface area contributed by atoms with Gasteiger partial charge in [-0.1, -0.05) is 6.07 Å². The molecule has 3 aromatic carbocycles. The first-order chi connectivity index (χ1) is 18.1. The van der Waals surface area contributed by atoms with Gasteiger partial charge in [0, 0.05) is 12.1 Å². The zero-order valence-corrected chi connectivity index (χ0v) is 22.9. The molecule has 3 aromatic rings. The molecule has 38 heavy (non-hydrogen) atoms. The predicted octanol–water partition coefficient (Wildman–Crippen LogP) is 5.03.